The molecule has 2 aromatic rings. The van der Waals surface area contributed by atoms with Crippen LogP contribution in [0.25, 0.3) is 0 Å². The van der Waals surface area contributed by atoms with Gasteiger partial charge in [-0.3, -0.25) is 19.4 Å². The molecule has 1 N–H and O–H groups in total. The van der Waals surface area contributed by atoms with E-state index in [2.05, 4.69) is 20.6 Å². The average molecular weight is 274 g/mol. The molecule has 0 fully saturated rings. The number of pyridine rings is 1. The number of carbonyl (C=O) groups is 1. The summed E-state index contributed by atoms with van der Waals surface area (Å²) in [5.41, 5.74) is 0.949. The molecule has 0 saturated carbocycles. The largest absolute Gasteiger partial charge is 0.353 e. The lowest BCUT2D eigenvalue weighted by Crippen LogP contribution is -2.36. The predicted octanol–water partition coefficient (Wildman–Crippen LogP) is -0.0787. The molecule has 0 atom stereocenters. The number of hydrogen-bond donors (Lipinski definition) is 1. The fourth-order valence-corrected chi connectivity index (χ4v) is 1.79. The third kappa shape index (κ3) is 4.77. The van der Waals surface area contributed by atoms with Gasteiger partial charge in [0.1, 0.15) is 0 Å². The molecule has 2 heterocycles. The van der Waals surface area contributed by atoms with Crippen LogP contribution >= 0.6 is 0 Å². The van der Waals surface area contributed by atoms with Crippen LogP contribution in [0, 0.1) is 0 Å². The molecule has 1 amide bonds. The monoisotopic (exact) mass is 274 g/mol. The Balaban J connectivity index is 1.66. The second kappa shape index (κ2) is 7.34. The summed E-state index contributed by atoms with van der Waals surface area (Å²) < 4.78 is 1.68. The maximum absolute atomic E-state index is 11.8. The normalized spacial score (nSPS) is 10.7. The van der Waals surface area contributed by atoms with Gasteiger partial charge in [-0.15, -0.1) is 5.10 Å². The van der Waals surface area contributed by atoms with E-state index in [9.17, 15) is 4.79 Å². The first-order valence-electron chi connectivity index (χ1n) is 6.43. The predicted molar refractivity (Wildman–Crippen MR) is 73.6 cm³/mol. The van der Waals surface area contributed by atoms with Crippen molar-refractivity contribution in [2.45, 2.75) is 13.1 Å². The number of carbonyl (C=O) groups excluding carboxylic acids is 1. The molecule has 20 heavy (non-hydrogen) atoms. The van der Waals surface area contributed by atoms with Crippen LogP contribution in [-0.2, 0) is 17.9 Å². The first kappa shape index (κ1) is 14.1. The first-order chi connectivity index (χ1) is 9.74. The van der Waals surface area contributed by atoms with Gasteiger partial charge in [0.15, 0.2) is 0 Å². The number of nitrogens with one attached hydrogen (secondary N) is 1. The quantitative estimate of drug-likeness (QED) is 0.764. The number of aromatic nitrogens is 4. The molecule has 0 radical (unpaired) electrons. The Kier molecular flexibility index (Phi) is 5.19. The number of nitrogens with zero attached hydrogens (tertiary/aromatic N) is 5. The van der Waals surface area contributed by atoms with Crippen molar-refractivity contribution in [2.24, 2.45) is 0 Å². The molecule has 0 aliphatic carbocycles. The van der Waals surface area contributed by atoms with Crippen LogP contribution < -0.4 is 5.32 Å². The molecular weight excluding hydrogens is 256 g/mol. The lowest BCUT2D eigenvalue weighted by Gasteiger charge is -2.15. The Morgan fingerprint density at radius 2 is 2.30 bits per heavy atom. The Labute approximate surface area is 117 Å². The van der Waals surface area contributed by atoms with E-state index in [0.29, 0.717) is 26.2 Å². The maximum atomic E-state index is 11.8. The summed E-state index contributed by atoms with van der Waals surface area (Å²) in [4.78, 5) is 17.9. The third-order valence-corrected chi connectivity index (χ3v) is 2.71. The van der Waals surface area contributed by atoms with Crippen LogP contribution in [0.2, 0.25) is 0 Å². The Morgan fingerprint density at radius 1 is 1.40 bits per heavy atom. The highest BCUT2D eigenvalue weighted by molar-refractivity contribution is 5.77. The van der Waals surface area contributed by atoms with Gasteiger partial charge in [-0.05, 0) is 19.2 Å². The summed E-state index contributed by atoms with van der Waals surface area (Å²) in [5.74, 6) is -0.0106. The molecule has 7 nitrogen and oxygen atoms in total. The smallest absolute Gasteiger partial charge is 0.234 e. The van der Waals surface area contributed by atoms with Gasteiger partial charge >= 0.3 is 0 Å². The zero-order chi connectivity index (χ0) is 14.2. The van der Waals surface area contributed by atoms with Gasteiger partial charge in [0.25, 0.3) is 0 Å². The standard InChI is InChI=1S/C13H18N6O/c1-18(10-12-4-2-3-5-14-12)11-13(20)15-6-8-19-9-7-16-17-19/h2-5,7,9H,6,8,10-11H2,1H3,(H,15,20). The molecule has 0 aliphatic heterocycles. The van der Waals surface area contributed by atoms with Gasteiger partial charge in [0.05, 0.1) is 25.0 Å². The van der Waals surface area contributed by atoms with Gasteiger partial charge in [-0.1, -0.05) is 11.3 Å². The topological polar surface area (TPSA) is 75.9 Å². The molecule has 2 aromatic heterocycles. The SMILES string of the molecule is CN(CC(=O)NCCn1ccnn1)Cc1ccccn1. The van der Waals surface area contributed by atoms with Crippen molar-refractivity contribution in [3.05, 3.63) is 42.5 Å². The van der Waals surface area contributed by atoms with Crippen molar-refractivity contribution in [3.63, 3.8) is 0 Å². The molecule has 7 heteroatoms. The van der Waals surface area contributed by atoms with E-state index in [4.69, 9.17) is 0 Å². The lowest BCUT2D eigenvalue weighted by molar-refractivity contribution is -0.122. The van der Waals surface area contributed by atoms with Crippen molar-refractivity contribution >= 4 is 5.91 Å². The summed E-state index contributed by atoms with van der Waals surface area (Å²) in [5, 5.41) is 10.4. The lowest BCUT2D eigenvalue weighted by atomic mass is 10.3. The first-order valence-corrected chi connectivity index (χ1v) is 6.43. The van der Waals surface area contributed by atoms with Gasteiger partial charge in [-0.25, -0.2) is 0 Å². The molecule has 0 aliphatic rings. The molecular formula is C13H18N6O. The molecule has 0 unspecified atom stereocenters. The van der Waals surface area contributed by atoms with E-state index >= 15 is 0 Å². The van der Waals surface area contributed by atoms with E-state index in [1.807, 2.05) is 30.1 Å². The Bertz CT molecular complexity index is 513. The molecule has 0 spiro atoms. The number of likely N-dealkylation sites (N-methyl/N-ethyl adjacent to an activating group) is 1. The Hall–Kier alpha value is -2.28. The van der Waals surface area contributed by atoms with Crippen molar-refractivity contribution in [2.75, 3.05) is 20.1 Å². The highest BCUT2D eigenvalue weighted by atomic mass is 16.2. The fraction of sp³-hybridized carbons (Fsp3) is 0.385. The summed E-state index contributed by atoms with van der Waals surface area (Å²) >= 11 is 0. The summed E-state index contributed by atoms with van der Waals surface area (Å²) in [7, 11) is 1.89. The highest BCUT2D eigenvalue weighted by Gasteiger charge is 2.07. The van der Waals surface area contributed by atoms with Crippen molar-refractivity contribution in [1.82, 2.24) is 30.2 Å². The molecule has 106 valence electrons. The summed E-state index contributed by atoms with van der Waals surface area (Å²) in [6.07, 6.45) is 5.13. The van der Waals surface area contributed by atoms with E-state index in [-0.39, 0.29) is 5.91 Å². The summed E-state index contributed by atoms with van der Waals surface area (Å²) in [6, 6.07) is 5.76. The van der Waals surface area contributed by atoms with E-state index in [0.717, 1.165) is 5.69 Å². The minimum Gasteiger partial charge on any atom is -0.353 e. The van der Waals surface area contributed by atoms with Gasteiger partial charge in [-0.2, -0.15) is 0 Å². The van der Waals surface area contributed by atoms with Gasteiger partial charge in [0.2, 0.25) is 5.91 Å². The molecule has 0 aromatic carbocycles. The zero-order valence-corrected chi connectivity index (χ0v) is 11.4. The minimum absolute atomic E-state index is 0.0106. The fourth-order valence-electron chi connectivity index (χ4n) is 1.79. The third-order valence-electron chi connectivity index (χ3n) is 2.71. The van der Waals surface area contributed by atoms with Crippen LogP contribution in [0.15, 0.2) is 36.8 Å². The number of hydrogen-bond acceptors (Lipinski definition) is 5. The average Bonchev–Trinajstić information content (AvgIpc) is 2.93. The van der Waals surface area contributed by atoms with E-state index < -0.39 is 0 Å². The number of amides is 1. The van der Waals surface area contributed by atoms with Crippen LogP contribution in [0.1, 0.15) is 5.69 Å². The summed E-state index contributed by atoms with van der Waals surface area (Å²) in [6.45, 7) is 2.15. The van der Waals surface area contributed by atoms with Crippen molar-refractivity contribution in [3.8, 4) is 0 Å². The van der Waals surface area contributed by atoms with E-state index in [1.54, 1.807) is 23.3 Å². The molecule has 0 bridgehead atoms. The molecule has 0 saturated heterocycles. The van der Waals surface area contributed by atoms with Crippen LogP contribution in [-0.4, -0.2) is 50.9 Å². The minimum atomic E-state index is -0.0106. The van der Waals surface area contributed by atoms with Crippen LogP contribution in [0.5, 0.6) is 0 Å². The van der Waals surface area contributed by atoms with Crippen molar-refractivity contribution in [1.29, 1.82) is 0 Å². The maximum Gasteiger partial charge on any atom is 0.234 e. The van der Waals surface area contributed by atoms with Gasteiger partial charge < -0.3 is 5.32 Å². The van der Waals surface area contributed by atoms with Gasteiger partial charge in [0, 0.05) is 25.5 Å². The van der Waals surface area contributed by atoms with E-state index in [1.165, 1.54) is 0 Å². The van der Waals surface area contributed by atoms with Crippen molar-refractivity contribution < 1.29 is 4.79 Å². The Morgan fingerprint density at radius 3 is 3.00 bits per heavy atom. The number of rotatable bonds is 7. The highest BCUT2D eigenvalue weighted by Crippen LogP contribution is 1.97. The second-order valence-corrected chi connectivity index (χ2v) is 4.51. The zero-order valence-electron chi connectivity index (χ0n) is 11.4. The van der Waals surface area contributed by atoms with Crippen LogP contribution in [0.4, 0.5) is 0 Å². The molecule has 2 rings (SSSR count). The second-order valence-electron chi connectivity index (χ2n) is 4.51. The van der Waals surface area contributed by atoms with Crippen LogP contribution in [0.3, 0.4) is 0 Å².